The normalized spacial score (nSPS) is 23.6. The zero-order valence-electron chi connectivity index (χ0n) is 15.8. The number of fused-ring (bicyclic) bond motifs is 1. The lowest BCUT2D eigenvalue weighted by atomic mass is 9.73. The first-order chi connectivity index (χ1) is 12.0. The number of carbonyl (C=O) groups is 1. The first-order valence-corrected chi connectivity index (χ1v) is 9.08. The first kappa shape index (κ1) is 17.7. The quantitative estimate of drug-likeness (QED) is 0.798. The molecular weight excluding hydrogens is 316 g/mol. The van der Waals surface area contributed by atoms with Crippen LogP contribution in [0, 0.1) is 11.8 Å². The third-order valence-corrected chi connectivity index (χ3v) is 5.47. The van der Waals surface area contributed by atoms with Crippen molar-refractivity contribution in [3.05, 3.63) is 23.5 Å². The fourth-order valence-electron chi connectivity index (χ4n) is 3.98. The Bertz CT molecular complexity index is 768. The van der Waals surface area contributed by atoms with E-state index in [4.69, 9.17) is 9.72 Å². The van der Waals surface area contributed by atoms with Gasteiger partial charge < -0.3 is 9.64 Å². The van der Waals surface area contributed by atoms with Crippen molar-refractivity contribution >= 4 is 17.4 Å². The van der Waals surface area contributed by atoms with Crippen LogP contribution < -0.4 is 4.90 Å². The molecule has 1 fully saturated rings. The van der Waals surface area contributed by atoms with Crippen molar-refractivity contribution in [1.29, 1.82) is 0 Å². The van der Waals surface area contributed by atoms with Crippen molar-refractivity contribution in [2.24, 2.45) is 11.8 Å². The number of hydrogen-bond acceptors (Lipinski definition) is 5. The maximum absolute atomic E-state index is 11.9. The van der Waals surface area contributed by atoms with Crippen molar-refractivity contribution in [3.8, 4) is 0 Å². The van der Waals surface area contributed by atoms with Crippen LogP contribution in [0.3, 0.4) is 0 Å². The largest absolute Gasteiger partial charge is 0.469 e. The van der Waals surface area contributed by atoms with Crippen LogP contribution >= 0.6 is 0 Å². The van der Waals surface area contributed by atoms with Crippen LogP contribution in [0.2, 0.25) is 0 Å². The van der Waals surface area contributed by atoms with Gasteiger partial charge in [0.15, 0.2) is 5.65 Å². The highest BCUT2D eigenvalue weighted by molar-refractivity contribution is 5.72. The summed E-state index contributed by atoms with van der Waals surface area (Å²) in [6, 6.07) is 2.15. The van der Waals surface area contributed by atoms with Gasteiger partial charge in [-0.25, -0.2) is 4.98 Å². The summed E-state index contributed by atoms with van der Waals surface area (Å²) < 4.78 is 6.86. The summed E-state index contributed by atoms with van der Waals surface area (Å²) in [7, 11) is 5.54. The van der Waals surface area contributed by atoms with Gasteiger partial charge in [-0.15, -0.1) is 0 Å². The number of carbonyl (C=O) groups excluding carboxylic acids is 1. The van der Waals surface area contributed by atoms with Gasteiger partial charge in [-0.2, -0.15) is 9.61 Å². The molecule has 6 nitrogen and oxygen atoms in total. The molecule has 1 aliphatic rings. The number of anilines is 1. The lowest BCUT2D eigenvalue weighted by molar-refractivity contribution is -0.147. The average Bonchev–Trinajstić information content (AvgIpc) is 3.02. The van der Waals surface area contributed by atoms with E-state index in [1.807, 2.05) is 24.8 Å². The van der Waals surface area contributed by atoms with Gasteiger partial charge in [0.1, 0.15) is 5.82 Å². The van der Waals surface area contributed by atoms with Crippen LogP contribution in [0.15, 0.2) is 12.3 Å². The average molecular weight is 344 g/mol. The van der Waals surface area contributed by atoms with Gasteiger partial charge >= 0.3 is 5.97 Å². The maximum Gasteiger partial charge on any atom is 0.308 e. The van der Waals surface area contributed by atoms with Crippen molar-refractivity contribution in [2.75, 3.05) is 26.1 Å². The molecule has 0 bridgehead atoms. The summed E-state index contributed by atoms with van der Waals surface area (Å²) in [5, 5.41) is 4.51. The lowest BCUT2D eigenvalue weighted by Gasteiger charge is -2.33. The Balaban J connectivity index is 1.97. The van der Waals surface area contributed by atoms with Crippen LogP contribution in [0.25, 0.3) is 5.65 Å². The molecule has 0 N–H and O–H groups in total. The molecule has 0 spiro atoms. The topological polar surface area (TPSA) is 59.7 Å². The summed E-state index contributed by atoms with van der Waals surface area (Å²) in [5.74, 6) is 1.75. The summed E-state index contributed by atoms with van der Waals surface area (Å²) in [6.07, 6.45) is 5.52. The molecular formula is C19H28N4O2. The van der Waals surface area contributed by atoms with Gasteiger partial charge in [0.05, 0.1) is 19.2 Å². The Morgan fingerprint density at radius 1 is 1.40 bits per heavy atom. The van der Waals surface area contributed by atoms with Gasteiger partial charge in [0.2, 0.25) is 0 Å². The number of methoxy groups -OCH3 is 1. The maximum atomic E-state index is 11.9. The second kappa shape index (κ2) is 7.02. The lowest BCUT2D eigenvalue weighted by Crippen LogP contribution is -2.28. The molecule has 6 heteroatoms. The molecule has 136 valence electrons. The van der Waals surface area contributed by atoms with E-state index in [0.717, 1.165) is 42.8 Å². The highest BCUT2D eigenvalue weighted by Crippen LogP contribution is 2.41. The molecule has 0 aromatic carbocycles. The molecule has 1 aliphatic carbocycles. The van der Waals surface area contributed by atoms with Crippen LogP contribution in [0.1, 0.15) is 50.3 Å². The van der Waals surface area contributed by atoms with E-state index < -0.39 is 0 Å². The Morgan fingerprint density at radius 2 is 2.16 bits per heavy atom. The zero-order chi connectivity index (χ0) is 18.1. The molecule has 0 aliphatic heterocycles. The third kappa shape index (κ3) is 3.22. The number of nitrogens with zero attached hydrogens (tertiary/aromatic N) is 4. The minimum Gasteiger partial charge on any atom is -0.469 e. The number of ether oxygens (including phenoxy) is 1. The van der Waals surface area contributed by atoms with Crippen LogP contribution in [-0.2, 0) is 16.0 Å². The summed E-state index contributed by atoms with van der Waals surface area (Å²) in [5.41, 5.74) is 3.23. The second-order valence-corrected chi connectivity index (χ2v) is 7.31. The molecule has 3 atom stereocenters. The van der Waals surface area contributed by atoms with Gasteiger partial charge in [-0.05, 0) is 31.6 Å². The van der Waals surface area contributed by atoms with E-state index in [1.165, 1.54) is 12.7 Å². The smallest absolute Gasteiger partial charge is 0.308 e. The van der Waals surface area contributed by atoms with E-state index in [-0.39, 0.29) is 11.9 Å². The molecule has 25 heavy (non-hydrogen) atoms. The molecule has 2 aromatic heterocycles. The van der Waals surface area contributed by atoms with Crippen molar-refractivity contribution in [1.82, 2.24) is 14.6 Å². The highest BCUT2D eigenvalue weighted by Gasteiger charge is 2.34. The Hall–Kier alpha value is -2.11. The van der Waals surface area contributed by atoms with E-state index in [2.05, 4.69) is 29.9 Å². The first-order valence-electron chi connectivity index (χ1n) is 9.08. The number of rotatable bonds is 4. The third-order valence-electron chi connectivity index (χ3n) is 5.47. The predicted octanol–water partition coefficient (Wildman–Crippen LogP) is 3.05. The fraction of sp³-hybridized carbons (Fsp3) is 0.632. The van der Waals surface area contributed by atoms with Gasteiger partial charge in [-0.1, -0.05) is 13.8 Å². The predicted molar refractivity (Wildman–Crippen MR) is 98.0 cm³/mol. The Morgan fingerprint density at radius 3 is 2.76 bits per heavy atom. The SMILES string of the molecule is CCc1cnn2c(N(C)C)cc(C3CCC(C(=O)OC)CC3C)nc12. The van der Waals surface area contributed by atoms with E-state index in [9.17, 15) is 4.79 Å². The molecule has 2 aromatic rings. The molecule has 0 amide bonds. The van der Waals surface area contributed by atoms with Crippen LogP contribution in [0.5, 0.6) is 0 Å². The number of aryl methyl sites for hydroxylation is 1. The van der Waals surface area contributed by atoms with Crippen molar-refractivity contribution < 1.29 is 9.53 Å². The molecule has 3 rings (SSSR count). The number of esters is 1. The number of aromatic nitrogens is 3. The van der Waals surface area contributed by atoms with Crippen LogP contribution in [0.4, 0.5) is 5.82 Å². The van der Waals surface area contributed by atoms with Crippen molar-refractivity contribution in [2.45, 2.75) is 45.4 Å². The standard InChI is InChI=1S/C19H28N4O2/c1-6-13-11-20-23-17(22(3)4)10-16(21-18(13)23)15-8-7-14(9-12(15)2)19(24)25-5/h10-12,14-15H,6-9H2,1-5H3. The van der Waals surface area contributed by atoms with Gasteiger partial charge in [0, 0.05) is 37.3 Å². The molecule has 0 saturated heterocycles. The monoisotopic (exact) mass is 344 g/mol. The molecule has 0 radical (unpaired) electrons. The fourth-order valence-corrected chi connectivity index (χ4v) is 3.98. The summed E-state index contributed by atoms with van der Waals surface area (Å²) >= 11 is 0. The van der Waals surface area contributed by atoms with E-state index in [0.29, 0.717) is 11.8 Å². The highest BCUT2D eigenvalue weighted by atomic mass is 16.5. The molecule has 2 heterocycles. The van der Waals surface area contributed by atoms with Crippen LogP contribution in [-0.4, -0.2) is 41.8 Å². The van der Waals surface area contributed by atoms with Gasteiger partial charge in [-0.3, -0.25) is 4.79 Å². The molecule has 1 saturated carbocycles. The van der Waals surface area contributed by atoms with E-state index in [1.54, 1.807) is 0 Å². The summed E-state index contributed by atoms with van der Waals surface area (Å²) in [6.45, 7) is 4.35. The summed E-state index contributed by atoms with van der Waals surface area (Å²) in [4.78, 5) is 18.9. The minimum absolute atomic E-state index is 0.0227. The minimum atomic E-state index is -0.0771. The molecule has 3 unspecified atom stereocenters. The van der Waals surface area contributed by atoms with E-state index >= 15 is 0 Å². The zero-order valence-corrected chi connectivity index (χ0v) is 15.8. The second-order valence-electron chi connectivity index (χ2n) is 7.31. The Labute approximate surface area is 149 Å². The Kier molecular flexibility index (Phi) is 4.97. The number of hydrogen-bond donors (Lipinski definition) is 0. The van der Waals surface area contributed by atoms with Crippen molar-refractivity contribution in [3.63, 3.8) is 0 Å². The van der Waals surface area contributed by atoms with Gasteiger partial charge in [0.25, 0.3) is 0 Å².